The summed E-state index contributed by atoms with van der Waals surface area (Å²) >= 11 is 7.38. The van der Waals surface area contributed by atoms with Gasteiger partial charge in [-0.15, -0.1) is 0 Å². The molecule has 2 aliphatic rings. The minimum atomic E-state index is -0.0404. The Morgan fingerprint density at radius 1 is 1.35 bits per heavy atom. The summed E-state index contributed by atoms with van der Waals surface area (Å²) < 4.78 is 5.36. The highest BCUT2D eigenvalue weighted by Crippen LogP contribution is 2.32. The standard InChI is InChI=1S/C18H17ClN4O2S/c19-13-1-2-15-12(9-13)3-4-23(15)17(24)10-14-16(11-20)26-18(21-14)22-5-7-25-8-6-22/h1-2,9H,3-8,10H2. The number of fused-ring (bicyclic) bond motifs is 1. The summed E-state index contributed by atoms with van der Waals surface area (Å²) in [5.41, 5.74) is 2.55. The molecule has 0 aliphatic carbocycles. The Morgan fingerprint density at radius 3 is 2.92 bits per heavy atom. The van der Waals surface area contributed by atoms with Crippen LogP contribution in [0.3, 0.4) is 0 Å². The number of rotatable bonds is 3. The van der Waals surface area contributed by atoms with Crippen molar-refractivity contribution < 1.29 is 9.53 Å². The molecule has 26 heavy (non-hydrogen) atoms. The van der Waals surface area contributed by atoms with Crippen molar-refractivity contribution in [2.45, 2.75) is 12.8 Å². The molecule has 0 radical (unpaired) electrons. The highest BCUT2D eigenvalue weighted by molar-refractivity contribution is 7.16. The van der Waals surface area contributed by atoms with Crippen LogP contribution in [0.4, 0.5) is 10.8 Å². The van der Waals surface area contributed by atoms with Gasteiger partial charge in [-0.3, -0.25) is 4.79 Å². The van der Waals surface area contributed by atoms with Gasteiger partial charge < -0.3 is 14.5 Å². The maximum Gasteiger partial charge on any atom is 0.233 e. The van der Waals surface area contributed by atoms with E-state index in [2.05, 4.69) is 16.0 Å². The highest BCUT2D eigenvalue weighted by atomic mass is 35.5. The molecule has 3 heterocycles. The van der Waals surface area contributed by atoms with E-state index in [1.54, 1.807) is 11.0 Å². The molecule has 6 nitrogen and oxygen atoms in total. The van der Waals surface area contributed by atoms with E-state index in [1.807, 2.05) is 12.1 Å². The zero-order chi connectivity index (χ0) is 18.1. The van der Waals surface area contributed by atoms with Crippen LogP contribution in [0.2, 0.25) is 5.02 Å². The average Bonchev–Trinajstić information content (AvgIpc) is 3.26. The summed E-state index contributed by atoms with van der Waals surface area (Å²) in [6.45, 7) is 3.46. The minimum Gasteiger partial charge on any atom is -0.378 e. The lowest BCUT2D eigenvalue weighted by Gasteiger charge is -2.26. The van der Waals surface area contributed by atoms with E-state index in [-0.39, 0.29) is 12.3 Å². The lowest BCUT2D eigenvalue weighted by molar-refractivity contribution is -0.117. The molecule has 0 spiro atoms. The van der Waals surface area contributed by atoms with Gasteiger partial charge in [0, 0.05) is 30.3 Å². The van der Waals surface area contributed by atoms with Gasteiger partial charge in [-0.2, -0.15) is 5.26 Å². The van der Waals surface area contributed by atoms with Crippen LogP contribution in [-0.4, -0.2) is 43.7 Å². The van der Waals surface area contributed by atoms with Crippen molar-refractivity contribution in [3.63, 3.8) is 0 Å². The van der Waals surface area contributed by atoms with E-state index in [0.29, 0.717) is 35.4 Å². The number of amides is 1. The largest absolute Gasteiger partial charge is 0.378 e. The number of nitriles is 1. The van der Waals surface area contributed by atoms with E-state index in [4.69, 9.17) is 16.3 Å². The molecule has 0 N–H and O–H groups in total. The Labute approximate surface area is 160 Å². The number of thiazole rings is 1. The molecule has 4 rings (SSSR count). The van der Waals surface area contributed by atoms with Gasteiger partial charge in [-0.05, 0) is 30.2 Å². The van der Waals surface area contributed by atoms with Crippen LogP contribution in [0, 0.1) is 11.3 Å². The first kappa shape index (κ1) is 17.3. The van der Waals surface area contributed by atoms with Crippen molar-refractivity contribution in [1.82, 2.24) is 4.98 Å². The predicted octanol–water partition coefficient (Wildman–Crippen LogP) is 2.64. The normalized spacial score (nSPS) is 16.5. The Hall–Kier alpha value is -2.14. The summed E-state index contributed by atoms with van der Waals surface area (Å²) in [6.07, 6.45) is 0.925. The van der Waals surface area contributed by atoms with Gasteiger partial charge in [0.15, 0.2) is 5.13 Å². The first-order chi connectivity index (χ1) is 12.7. The molecule has 0 atom stereocenters. The summed E-state index contributed by atoms with van der Waals surface area (Å²) in [7, 11) is 0. The van der Waals surface area contributed by atoms with Crippen LogP contribution < -0.4 is 9.80 Å². The summed E-state index contributed by atoms with van der Waals surface area (Å²) in [5, 5.41) is 10.9. The van der Waals surface area contributed by atoms with Crippen LogP contribution in [0.15, 0.2) is 18.2 Å². The second kappa shape index (κ2) is 7.23. The van der Waals surface area contributed by atoms with Gasteiger partial charge >= 0.3 is 0 Å². The molecular weight excluding hydrogens is 372 g/mol. The summed E-state index contributed by atoms with van der Waals surface area (Å²) in [4.78, 5) is 21.8. The Kier molecular flexibility index (Phi) is 4.81. The van der Waals surface area contributed by atoms with E-state index in [1.165, 1.54) is 11.3 Å². The average molecular weight is 389 g/mol. The first-order valence-corrected chi connectivity index (χ1v) is 9.66. The van der Waals surface area contributed by atoms with Gasteiger partial charge in [0.2, 0.25) is 5.91 Å². The summed E-state index contributed by atoms with van der Waals surface area (Å²) in [6, 6.07) is 7.78. The fourth-order valence-corrected chi connectivity index (χ4v) is 4.43. The number of halogens is 1. The molecule has 0 saturated carbocycles. The number of morpholine rings is 1. The molecule has 0 unspecified atom stereocenters. The number of nitrogens with zero attached hydrogens (tertiary/aromatic N) is 4. The molecular formula is C18H17ClN4O2S. The number of ether oxygens (including phenoxy) is 1. The molecule has 1 fully saturated rings. The lowest BCUT2D eigenvalue weighted by Crippen LogP contribution is -2.36. The molecule has 1 aromatic heterocycles. The van der Waals surface area contributed by atoms with E-state index >= 15 is 0 Å². The number of anilines is 2. The molecule has 1 aromatic carbocycles. The third kappa shape index (κ3) is 3.28. The number of aromatic nitrogens is 1. The smallest absolute Gasteiger partial charge is 0.233 e. The van der Waals surface area contributed by atoms with E-state index < -0.39 is 0 Å². The molecule has 134 valence electrons. The Bertz CT molecular complexity index is 886. The molecule has 1 saturated heterocycles. The van der Waals surface area contributed by atoms with Crippen LogP contribution in [0.1, 0.15) is 16.1 Å². The Morgan fingerprint density at radius 2 is 2.15 bits per heavy atom. The number of carbonyl (C=O) groups excluding carboxylic acids is 1. The number of carbonyl (C=O) groups is 1. The van der Waals surface area contributed by atoms with Crippen LogP contribution >= 0.6 is 22.9 Å². The molecule has 1 amide bonds. The van der Waals surface area contributed by atoms with E-state index in [0.717, 1.165) is 35.9 Å². The van der Waals surface area contributed by atoms with Gasteiger partial charge in [0.05, 0.1) is 25.3 Å². The van der Waals surface area contributed by atoms with Crippen molar-refractivity contribution in [1.29, 1.82) is 5.26 Å². The van der Waals surface area contributed by atoms with Crippen molar-refractivity contribution in [3.8, 4) is 6.07 Å². The van der Waals surface area contributed by atoms with Gasteiger partial charge in [-0.25, -0.2) is 4.98 Å². The quantitative estimate of drug-likeness (QED) is 0.808. The molecule has 2 aromatic rings. The second-order valence-electron chi connectivity index (χ2n) is 6.23. The first-order valence-electron chi connectivity index (χ1n) is 8.47. The molecule has 2 aliphatic heterocycles. The fourth-order valence-electron chi connectivity index (χ4n) is 3.30. The van der Waals surface area contributed by atoms with Gasteiger partial charge in [0.1, 0.15) is 10.9 Å². The van der Waals surface area contributed by atoms with Crippen molar-refractivity contribution in [2.24, 2.45) is 0 Å². The van der Waals surface area contributed by atoms with Crippen molar-refractivity contribution in [3.05, 3.63) is 39.4 Å². The van der Waals surface area contributed by atoms with E-state index in [9.17, 15) is 10.1 Å². The predicted molar refractivity (Wildman–Crippen MR) is 101 cm³/mol. The third-order valence-corrected chi connectivity index (χ3v) is 5.92. The zero-order valence-corrected chi connectivity index (χ0v) is 15.6. The minimum absolute atomic E-state index is 0.0404. The monoisotopic (exact) mass is 388 g/mol. The highest BCUT2D eigenvalue weighted by Gasteiger charge is 2.27. The molecule has 8 heteroatoms. The number of benzene rings is 1. The van der Waals surface area contributed by atoms with Gasteiger partial charge in [0.25, 0.3) is 0 Å². The SMILES string of the molecule is N#Cc1sc(N2CCOCC2)nc1CC(=O)N1CCc2cc(Cl)ccc21. The van der Waals surface area contributed by atoms with Gasteiger partial charge in [-0.1, -0.05) is 22.9 Å². The van der Waals surface area contributed by atoms with Crippen LogP contribution in [-0.2, 0) is 22.4 Å². The zero-order valence-electron chi connectivity index (χ0n) is 14.1. The van der Waals surface area contributed by atoms with Crippen LogP contribution in [0.5, 0.6) is 0 Å². The van der Waals surface area contributed by atoms with Crippen molar-refractivity contribution in [2.75, 3.05) is 42.6 Å². The third-order valence-electron chi connectivity index (χ3n) is 4.63. The second-order valence-corrected chi connectivity index (χ2v) is 7.64. The number of hydrogen-bond donors (Lipinski definition) is 0. The van der Waals surface area contributed by atoms with Crippen molar-refractivity contribution >= 4 is 39.7 Å². The van der Waals surface area contributed by atoms with Crippen LogP contribution in [0.25, 0.3) is 0 Å². The topological polar surface area (TPSA) is 69.5 Å². The maximum atomic E-state index is 12.8. The summed E-state index contributed by atoms with van der Waals surface area (Å²) in [5.74, 6) is -0.0404. The fraction of sp³-hybridized carbons (Fsp3) is 0.389. The Balaban J connectivity index is 1.53. The maximum absolute atomic E-state index is 12.8. The number of hydrogen-bond acceptors (Lipinski definition) is 6. The lowest BCUT2D eigenvalue weighted by atomic mass is 10.2. The molecule has 0 bridgehead atoms.